The number of hydrogen-bond donors (Lipinski definition) is 1. The summed E-state index contributed by atoms with van der Waals surface area (Å²) in [4.78, 5) is 21.7. The van der Waals surface area contributed by atoms with E-state index in [-0.39, 0.29) is 11.3 Å². The number of Topliss-reactive ketones (excluding diaryl/α,β-unsaturated/α-hetero) is 1. The van der Waals surface area contributed by atoms with Crippen LogP contribution in [0.4, 0.5) is 0 Å². The lowest BCUT2D eigenvalue weighted by Gasteiger charge is -2.02. The molecule has 0 aliphatic carbocycles. The molecule has 0 radical (unpaired) electrons. The monoisotopic (exact) mass is 290 g/mol. The minimum Gasteiger partial charge on any atom is -0.478 e. The van der Waals surface area contributed by atoms with Gasteiger partial charge in [0.1, 0.15) is 0 Å². The summed E-state index contributed by atoms with van der Waals surface area (Å²) < 4.78 is 0.500. The van der Waals surface area contributed by atoms with Gasteiger partial charge < -0.3 is 5.11 Å². The van der Waals surface area contributed by atoms with Gasteiger partial charge in [0.15, 0.2) is 5.78 Å². The van der Waals surface area contributed by atoms with Crippen molar-refractivity contribution in [2.45, 2.75) is 6.92 Å². The van der Waals surface area contributed by atoms with E-state index < -0.39 is 5.97 Å². The van der Waals surface area contributed by atoms with Crippen LogP contribution in [0.2, 0.25) is 0 Å². The normalized spacial score (nSPS) is 9.69. The molecule has 0 bridgehead atoms. The van der Waals surface area contributed by atoms with Crippen molar-refractivity contribution in [3.8, 4) is 0 Å². The van der Waals surface area contributed by atoms with Gasteiger partial charge in [-0.25, -0.2) is 4.79 Å². The van der Waals surface area contributed by atoms with Crippen LogP contribution in [0.15, 0.2) is 18.2 Å². The molecule has 1 aromatic rings. The molecule has 0 spiro atoms. The molecule has 13 heavy (non-hydrogen) atoms. The first kappa shape index (κ1) is 10.2. The first-order chi connectivity index (χ1) is 6.04. The van der Waals surface area contributed by atoms with Gasteiger partial charge in [-0.05, 0) is 35.6 Å². The van der Waals surface area contributed by atoms with Crippen molar-refractivity contribution in [2.75, 3.05) is 0 Å². The van der Waals surface area contributed by atoms with Crippen molar-refractivity contribution in [2.24, 2.45) is 0 Å². The Hall–Kier alpha value is -0.910. The highest BCUT2D eigenvalue weighted by atomic mass is 127. The van der Waals surface area contributed by atoms with E-state index in [1.165, 1.54) is 13.0 Å². The summed E-state index contributed by atoms with van der Waals surface area (Å²) >= 11 is 1.87. The second kappa shape index (κ2) is 3.87. The summed E-state index contributed by atoms with van der Waals surface area (Å²) in [6.45, 7) is 1.42. The molecule has 3 nitrogen and oxygen atoms in total. The molecule has 0 aliphatic heterocycles. The molecule has 0 unspecified atom stereocenters. The Bertz CT molecular complexity index is 339. The predicted molar refractivity (Wildman–Crippen MR) is 56.1 cm³/mol. The summed E-state index contributed by atoms with van der Waals surface area (Å²) in [5, 5.41) is 8.76. The van der Waals surface area contributed by atoms with Crippen molar-refractivity contribution in [3.63, 3.8) is 0 Å². The van der Waals surface area contributed by atoms with Gasteiger partial charge in [-0.2, -0.15) is 0 Å². The maximum absolute atomic E-state index is 11.0. The molecule has 0 aromatic heterocycles. The van der Waals surface area contributed by atoms with Crippen LogP contribution >= 0.6 is 22.6 Å². The van der Waals surface area contributed by atoms with Gasteiger partial charge in [-0.1, -0.05) is 12.1 Å². The molecule has 0 saturated carbocycles. The number of halogens is 1. The third-order valence-electron chi connectivity index (χ3n) is 1.61. The fourth-order valence-electron chi connectivity index (χ4n) is 0.969. The highest BCUT2D eigenvalue weighted by Gasteiger charge is 2.13. The van der Waals surface area contributed by atoms with Crippen molar-refractivity contribution < 1.29 is 14.7 Å². The third kappa shape index (κ3) is 2.06. The zero-order valence-corrected chi connectivity index (χ0v) is 9.03. The van der Waals surface area contributed by atoms with E-state index in [1.807, 2.05) is 22.6 Å². The molecule has 0 heterocycles. The Balaban J connectivity index is 3.35. The number of benzene rings is 1. The van der Waals surface area contributed by atoms with Gasteiger partial charge in [0.05, 0.1) is 5.56 Å². The van der Waals surface area contributed by atoms with E-state index in [9.17, 15) is 9.59 Å². The van der Waals surface area contributed by atoms with Gasteiger partial charge >= 0.3 is 5.97 Å². The highest BCUT2D eigenvalue weighted by molar-refractivity contribution is 14.1. The van der Waals surface area contributed by atoms with Crippen LogP contribution < -0.4 is 0 Å². The average Bonchev–Trinajstić information content (AvgIpc) is 2.03. The number of hydrogen-bond acceptors (Lipinski definition) is 2. The van der Waals surface area contributed by atoms with E-state index in [0.717, 1.165) is 0 Å². The number of ketones is 1. The molecule has 0 saturated heterocycles. The smallest absolute Gasteiger partial charge is 0.336 e. The van der Waals surface area contributed by atoms with Crippen LogP contribution in [0.5, 0.6) is 0 Å². The van der Waals surface area contributed by atoms with Crippen molar-refractivity contribution in [1.29, 1.82) is 0 Å². The molecule has 0 fully saturated rings. The molecular weight excluding hydrogens is 283 g/mol. The van der Waals surface area contributed by atoms with Crippen molar-refractivity contribution in [3.05, 3.63) is 32.9 Å². The average molecular weight is 290 g/mol. The van der Waals surface area contributed by atoms with Gasteiger partial charge in [0.25, 0.3) is 0 Å². The maximum atomic E-state index is 11.0. The lowest BCUT2D eigenvalue weighted by Crippen LogP contribution is -2.04. The fourth-order valence-corrected chi connectivity index (χ4v) is 1.94. The number of carbonyl (C=O) groups excluding carboxylic acids is 1. The van der Waals surface area contributed by atoms with Crippen LogP contribution in [0.3, 0.4) is 0 Å². The Morgan fingerprint density at radius 1 is 1.31 bits per heavy atom. The van der Waals surface area contributed by atoms with E-state index in [2.05, 4.69) is 0 Å². The Kier molecular flexibility index (Phi) is 3.02. The van der Waals surface area contributed by atoms with Gasteiger partial charge in [-0.15, -0.1) is 0 Å². The zero-order chi connectivity index (χ0) is 10.0. The lowest BCUT2D eigenvalue weighted by atomic mass is 10.1. The van der Waals surface area contributed by atoms with Crippen LogP contribution in [0.1, 0.15) is 27.6 Å². The zero-order valence-electron chi connectivity index (χ0n) is 6.87. The van der Waals surface area contributed by atoms with E-state index >= 15 is 0 Å². The van der Waals surface area contributed by atoms with Crippen molar-refractivity contribution >= 4 is 34.3 Å². The van der Waals surface area contributed by atoms with Gasteiger partial charge in [-0.3, -0.25) is 4.79 Å². The molecule has 1 rings (SSSR count). The minimum absolute atomic E-state index is 0.118. The quantitative estimate of drug-likeness (QED) is 0.671. The Morgan fingerprint density at radius 3 is 2.31 bits per heavy atom. The molecular formula is C9H7IO3. The summed E-state index contributed by atoms with van der Waals surface area (Å²) in [5.41, 5.74) is 0.633. The largest absolute Gasteiger partial charge is 0.478 e. The number of carboxylic acids is 1. The van der Waals surface area contributed by atoms with Crippen LogP contribution in [-0.4, -0.2) is 16.9 Å². The first-order valence-corrected chi connectivity index (χ1v) is 4.64. The van der Waals surface area contributed by atoms with Gasteiger partial charge in [0.2, 0.25) is 0 Å². The fraction of sp³-hybridized carbons (Fsp3) is 0.111. The van der Waals surface area contributed by atoms with E-state index in [1.54, 1.807) is 12.1 Å². The molecule has 0 atom stereocenters. The Labute approximate surface area is 88.9 Å². The minimum atomic E-state index is -1.01. The molecule has 1 aromatic carbocycles. The molecule has 68 valence electrons. The number of rotatable bonds is 2. The maximum Gasteiger partial charge on any atom is 0.336 e. The summed E-state index contributed by atoms with van der Waals surface area (Å²) in [6.07, 6.45) is 0. The lowest BCUT2D eigenvalue weighted by molar-refractivity contribution is 0.0695. The second-order valence-electron chi connectivity index (χ2n) is 2.53. The Morgan fingerprint density at radius 2 is 1.85 bits per heavy atom. The standard InChI is InChI=1S/C9H7IO3/c1-5(11)6-3-2-4-7(8(6)10)9(12)13/h2-4H,1H3,(H,12,13). The van der Waals surface area contributed by atoms with E-state index in [4.69, 9.17) is 5.11 Å². The molecule has 4 heteroatoms. The second-order valence-corrected chi connectivity index (χ2v) is 3.61. The summed E-state index contributed by atoms with van der Waals surface area (Å²) in [7, 11) is 0. The first-order valence-electron chi connectivity index (χ1n) is 3.56. The third-order valence-corrected chi connectivity index (χ3v) is 2.77. The molecule has 0 amide bonds. The topological polar surface area (TPSA) is 54.4 Å². The number of carbonyl (C=O) groups is 2. The number of carboxylic acid groups (broad SMARTS) is 1. The van der Waals surface area contributed by atoms with E-state index in [0.29, 0.717) is 9.13 Å². The van der Waals surface area contributed by atoms with Crippen LogP contribution in [0.25, 0.3) is 0 Å². The van der Waals surface area contributed by atoms with Gasteiger partial charge in [0, 0.05) is 9.13 Å². The van der Waals surface area contributed by atoms with Crippen molar-refractivity contribution in [1.82, 2.24) is 0 Å². The highest BCUT2D eigenvalue weighted by Crippen LogP contribution is 2.17. The predicted octanol–water partition coefficient (Wildman–Crippen LogP) is 2.19. The van der Waals surface area contributed by atoms with Crippen LogP contribution in [-0.2, 0) is 0 Å². The summed E-state index contributed by atoms with van der Waals surface area (Å²) in [6, 6.07) is 4.68. The molecule has 0 aliphatic rings. The van der Waals surface area contributed by atoms with Crippen LogP contribution in [0, 0.1) is 3.57 Å². The number of aromatic carboxylic acids is 1. The SMILES string of the molecule is CC(=O)c1cccc(C(=O)O)c1I. The summed E-state index contributed by atoms with van der Waals surface area (Å²) in [5.74, 6) is -1.12. The molecule has 1 N–H and O–H groups in total.